The number of alkyl halides is 1. The van der Waals surface area contributed by atoms with Crippen LogP contribution in [0.2, 0.25) is 0 Å². The molecule has 4 aromatic rings. The average Bonchev–Trinajstić information content (AvgIpc) is 4.16. The van der Waals surface area contributed by atoms with Gasteiger partial charge in [0.2, 0.25) is 5.91 Å². The summed E-state index contributed by atoms with van der Waals surface area (Å²) in [5.41, 5.74) is 11.3. The maximum atomic E-state index is 14.7. The van der Waals surface area contributed by atoms with E-state index < -0.39 is 11.6 Å². The van der Waals surface area contributed by atoms with E-state index in [-0.39, 0.29) is 55.2 Å². The Kier molecular flexibility index (Phi) is 16.7. The number of piperidine rings is 1. The highest BCUT2D eigenvalue weighted by Gasteiger charge is 2.37. The number of likely N-dealkylation sites (tertiary alicyclic amines) is 1. The van der Waals surface area contributed by atoms with E-state index in [1.54, 1.807) is 4.90 Å². The van der Waals surface area contributed by atoms with Crippen LogP contribution in [0.3, 0.4) is 0 Å². The molecule has 15 heteroatoms. The summed E-state index contributed by atoms with van der Waals surface area (Å²) in [6, 6.07) is 12.6. The molecule has 3 aliphatic carbocycles. The van der Waals surface area contributed by atoms with Crippen LogP contribution in [0.4, 0.5) is 4.39 Å². The van der Waals surface area contributed by atoms with Crippen molar-refractivity contribution in [1.29, 1.82) is 0 Å². The normalized spacial score (nSPS) is 22.8. The topological polar surface area (TPSA) is 152 Å². The molecule has 2 aromatic carbocycles. The molecule has 6 aliphatic rings. The molecule has 5 heterocycles. The van der Waals surface area contributed by atoms with E-state index in [1.807, 2.05) is 61.2 Å². The molecule has 72 heavy (non-hydrogen) atoms. The maximum absolute atomic E-state index is 14.7. The van der Waals surface area contributed by atoms with Gasteiger partial charge in [-0.15, -0.1) is 0 Å². The second-order valence-electron chi connectivity index (χ2n) is 21.6. The molecule has 0 unspecified atom stereocenters. The number of morpholine rings is 2. The number of carboxylic acids is 1. The minimum Gasteiger partial charge on any atom is -0.480 e. The number of ether oxygens (including phenoxy) is 2. The number of benzene rings is 2. The lowest BCUT2D eigenvalue weighted by Gasteiger charge is -2.35. The van der Waals surface area contributed by atoms with Crippen LogP contribution in [0.1, 0.15) is 168 Å². The van der Waals surface area contributed by atoms with Gasteiger partial charge in [-0.2, -0.15) is 10.2 Å². The molecule has 390 valence electrons. The van der Waals surface area contributed by atoms with Crippen LogP contribution in [-0.4, -0.2) is 127 Å². The molecule has 10 rings (SSSR count). The summed E-state index contributed by atoms with van der Waals surface area (Å²) in [5.74, 6) is -0.454. The van der Waals surface area contributed by atoms with Crippen LogP contribution < -0.4 is 0 Å². The maximum Gasteiger partial charge on any atom is 0.325 e. The summed E-state index contributed by atoms with van der Waals surface area (Å²) in [6.07, 6.45) is 12.0. The first-order chi connectivity index (χ1) is 34.4. The van der Waals surface area contributed by atoms with E-state index in [0.717, 1.165) is 111 Å². The number of carbonyl (C=O) groups is 4. The number of carbonyl (C=O) groups excluding carboxylic acids is 3. The molecule has 1 N–H and O–H groups in total. The summed E-state index contributed by atoms with van der Waals surface area (Å²) in [5, 5.41) is 18.0. The van der Waals surface area contributed by atoms with Gasteiger partial charge in [-0.1, -0.05) is 42.8 Å². The molecule has 4 fully saturated rings. The Morgan fingerprint density at radius 2 is 1.10 bits per heavy atom. The van der Waals surface area contributed by atoms with Crippen molar-refractivity contribution < 1.29 is 38.1 Å². The Morgan fingerprint density at radius 3 is 1.60 bits per heavy atom. The van der Waals surface area contributed by atoms with Crippen molar-refractivity contribution in [3.63, 3.8) is 0 Å². The van der Waals surface area contributed by atoms with Gasteiger partial charge >= 0.3 is 5.97 Å². The molecule has 3 saturated heterocycles. The van der Waals surface area contributed by atoms with Gasteiger partial charge in [0.1, 0.15) is 18.8 Å². The lowest BCUT2D eigenvalue weighted by atomic mass is 9.79. The van der Waals surface area contributed by atoms with Gasteiger partial charge in [-0.05, 0) is 172 Å². The smallest absolute Gasteiger partial charge is 0.325 e. The molecule has 1 saturated carbocycles. The number of hydrogen-bond donors (Lipinski definition) is 1. The number of aryl methyl sites for hydroxylation is 2. The first kappa shape index (κ1) is 52.9. The van der Waals surface area contributed by atoms with E-state index in [9.17, 15) is 23.6 Å². The van der Waals surface area contributed by atoms with E-state index in [1.165, 1.54) is 33.4 Å². The van der Waals surface area contributed by atoms with Crippen molar-refractivity contribution in [2.75, 3.05) is 39.3 Å². The third kappa shape index (κ3) is 11.8. The number of aliphatic carboxylic acids is 1. The molecular formula is C57H78FN7O7. The van der Waals surface area contributed by atoms with Gasteiger partial charge in [0.25, 0.3) is 11.8 Å². The number of fused-ring (bicyclic) bond motifs is 2. The number of aromatic nitrogens is 4. The lowest BCUT2D eigenvalue weighted by Crippen LogP contribution is -2.48. The van der Waals surface area contributed by atoms with Crippen LogP contribution in [0.25, 0.3) is 0 Å². The standard InChI is InChI=1S/C28H38N4O3.C15H21N3O4.C14H19F/c1-18-7-5-8-23(21(18)4)22-11-13-30(14-12-22)26(33)17-32-25-10-6-9-24(25)27(29-32)28(34)31-15-19(2)35-20(3)16-31;1-9-6-17(7-10(2)22-9)15(21)14-11-4-3-5-12(11)18(16-14)8-13(19)20;1-11-7-6-8-13(12(11)2)14(15)9-4-3-5-10-14/h5,7-8,19-20,22H,6,9-17H2,1-4H3;9-10H,3-8H2,1-2H3,(H,19,20);6-8H,3-5,9-10H2,1-2H3/t19-,20+;9-,10+;. The van der Waals surface area contributed by atoms with Gasteiger partial charge in [0.15, 0.2) is 11.4 Å². The third-order valence-corrected chi connectivity index (χ3v) is 16.1. The van der Waals surface area contributed by atoms with E-state index >= 15 is 0 Å². The molecule has 0 spiro atoms. The van der Waals surface area contributed by atoms with E-state index in [4.69, 9.17) is 19.7 Å². The Labute approximate surface area is 425 Å². The first-order valence-corrected chi connectivity index (χ1v) is 26.8. The molecule has 14 nitrogen and oxygen atoms in total. The fourth-order valence-electron chi connectivity index (χ4n) is 12.2. The van der Waals surface area contributed by atoms with Crippen LogP contribution in [0, 0.1) is 27.7 Å². The Balaban J connectivity index is 0.000000159. The Bertz CT molecular complexity index is 2590. The molecule has 4 atom stereocenters. The predicted molar refractivity (Wildman–Crippen MR) is 274 cm³/mol. The molecule has 3 amide bonds. The molecular weight excluding hydrogens is 914 g/mol. The summed E-state index contributed by atoms with van der Waals surface area (Å²) < 4.78 is 29.5. The zero-order chi connectivity index (χ0) is 51.4. The van der Waals surface area contributed by atoms with E-state index in [2.05, 4.69) is 50.1 Å². The number of amides is 3. The lowest BCUT2D eigenvalue weighted by molar-refractivity contribution is -0.138. The molecule has 2 aromatic heterocycles. The number of rotatable bonds is 8. The molecule has 0 bridgehead atoms. The van der Waals surface area contributed by atoms with Crippen LogP contribution in [0.15, 0.2) is 36.4 Å². The Hall–Kier alpha value is -5.41. The van der Waals surface area contributed by atoms with Gasteiger partial charge in [-0.3, -0.25) is 28.5 Å². The van der Waals surface area contributed by atoms with Gasteiger partial charge in [0.05, 0.1) is 24.4 Å². The average molecular weight is 992 g/mol. The fourth-order valence-corrected chi connectivity index (χ4v) is 12.2. The highest BCUT2D eigenvalue weighted by molar-refractivity contribution is 5.95. The van der Waals surface area contributed by atoms with Crippen molar-refractivity contribution in [3.05, 3.63) is 104 Å². The number of hydrogen-bond acceptors (Lipinski definition) is 8. The summed E-state index contributed by atoms with van der Waals surface area (Å²) in [4.78, 5) is 56.0. The predicted octanol–water partition coefficient (Wildman–Crippen LogP) is 8.78. The zero-order valence-corrected chi connectivity index (χ0v) is 44.1. The highest BCUT2D eigenvalue weighted by Crippen LogP contribution is 2.42. The first-order valence-electron chi connectivity index (χ1n) is 26.8. The second kappa shape index (κ2) is 22.8. The van der Waals surface area contributed by atoms with Crippen molar-refractivity contribution in [2.45, 2.75) is 188 Å². The van der Waals surface area contributed by atoms with Crippen molar-refractivity contribution in [3.8, 4) is 0 Å². The SMILES string of the molecule is C[C@@H]1CN(C(=O)c2nn(CC(=O)O)c3c2CCC3)C[C@H](C)O1.Cc1cccc(C2(F)CCCCC2)c1C.Cc1cccc(C2CCN(C(=O)Cn3nc(C(=O)N4C[C@@H](C)O[C@@H](C)C4)c4c3CCC4)CC2)c1C. The van der Waals surface area contributed by atoms with Crippen LogP contribution in [0.5, 0.6) is 0 Å². The second-order valence-corrected chi connectivity index (χ2v) is 21.6. The monoisotopic (exact) mass is 992 g/mol. The van der Waals surface area contributed by atoms with Crippen LogP contribution in [-0.2, 0) is 63.5 Å². The summed E-state index contributed by atoms with van der Waals surface area (Å²) >= 11 is 0. The quantitative estimate of drug-likeness (QED) is 0.183. The number of nitrogens with zero attached hydrogens (tertiary/aromatic N) is 7. The minimum absolute atomic E-state index is 0.00172. The number of halogens is 1. The van der Waals surface area contributed by atoms with Crippen LogP contribution >= 0.6 is 0 Å². The van der Waals surface area contributed by atoms with Gasteiger partial charge in [-0.25, -0.2) is 4.39 Å². The molecule has 0 radical (unpaired) electrons. The summed E-state index contributed by atoms with van der Waals surface area (Å²) in [6.45, 7) is 20.2. The van der Waals surface area contributed by atoms with Gasteiger partial charge in [0, 0.05) is 61.8 Å². The van der Waals surface area contributed by atoms with Gasteiger partial charge < -0.3 is 29.3 Å². The largest absolute Gasteiger partial charge is 0.480 e. The van der Waals surface area contributed by atoms with Crippen molar-refractivity contribution in [1.82, 2.24) is 34.3 Å². The fraction of sp³-hybridized carbons (Fsp3) is 0.614. The molecule has 3 aliphatic heterocycles. The van der Waals surface area contributed by atoms with E-state index in [0.29, 0.717) is 56.3 Å². The zero-order valence-electron chi connectivity index (χ0n) is 44.1. The van der Waals surface area contributed by atoms with Crippen molar-refractivity contribution in [2.24, 2.45) is 0 Å². The minimum atomic E-state index is -1.05. The number of carboxylic acid groups (broad SMARTS) is 1. The third-order valence-electron chi connectivity index (χ3n) is 16.1. The highest BCUT2D eigenvalue weighted by atomic mass is 19.1. The summed E-state index contributed by atoms with van der Waals surface area (Å²) in [7, 11) is 0. The van der Waals surface area contributed by atoms with Crippen molar-refractivity contribution >= 4 is 23.7 Å². The Morgan fingerprint density at radius 1 is 0.625 bits per heavy atom.